The molecule has 0 spiro atoms. The lowest BCUT2D eigenvalue weighted by Gasteiger charge is -2.34. The molecule has 2 aliphatic rings. The van der Waals surface area contributed by atoms with E-state index in [0.717, 1.165) is 5.92 Å². The first kappa shape index (κ1) is 10.7. The number of carbonyl (C=O) groups is 1. The third-order valence-electron chi connectivity index (χ3n) is 3.70. The summed E-state index contributed by atoms with van der Waals surface area (Å²) in [6.07, 6.45) is 7.04. The molecule has 0 aromatic rings. The van der Waals surface area contributed by atoms with Crippen molar-refractivity contribution < 1.29 is 4.79 Å². The van der Waals surface area contributed by atoms with Crippen molar-refractivity contribution in [2.45, 2.75) is 39.7 Å². The Balaban J connectivity index is 2.06. The van der Waals surface area contributed by atoms with Crippen molar-refractivity contribution in [1.29, 1.82) is 0 Å². The van der Waals surface area contributed by atoms with E-state index in [0.29, 0.717) is 12.0 Å². The van der Waals surface area contributed by atoms with Gasteiger partial charge in [-0.3, -0.25) is 4.79 Å². The highest BCUT2D eigenvalue weighted by Gasteiger charge is 2.41. The highest BCUT2D eigenvalue weighted by Crippen LogP contribution is 2.42. The molecule has 2 heteroatoms. The Morgan fingerprint density at radius 2 is 1.93 bits per heavy atom. The van der Waals surface area contributed by atoms with Crippen LogP contribution in [0.25, 0.3) is 0 Å². The second kappa shape index (κ2) is 3.36. The average molecular weight is 207 g/mol. The smallest absolute Gasteiger partial charge is 0.227 e. The van der Waals surface area contributed by atoms with E-state index in [1.165, 1.54) is 12.8 Å². The zero-order valence-electron chi connectivity index (χ0n) is 10.2. The van der Waals surface area contributed by atoms with Crippen molar-refractivity contribution in [2.24, 2.45) is 17.3 Å². The van der Waals surface area contributed by atoms with Gasteiger partial charge < -0.3 is 4.90 Å². The standard InChI is InChI=1S/C13H21NO/c1-13(2,3)12(15)14(4)11-8-9-5-6-10(11)7-9/h5-6,9-11H,7-8H2,1-4H3. The van der Waals surface area contributed by atoms with Crippen LogP contribution in [0.5, 0.6) is 0 Å². The number of nitrogens with zero attached hydrogens (tertiary/aromatic N) is 1. The molecule has 2 bridgehead atoms. The molecular weight excluding hydrogens is 186 g/mol. The van der Waals surface area contributed by atoms with E-state index in [2.05, 4.69) is 12.2 Å². The Hall–Kier alpha value is -0.790. The molecule has 0 radical (unpaired) electrons. The van der Waals surface area contributed by atoms with Gasteiger partial charge in [-0.05, 0) is 24.7 Å². The Labute approximate surface area is 92.3 Å². The SMILES string of the molecule is CN(C(=O)C(C)(C)C)C1CC2C=CC1C2. The molecule has 0 aromatic carbocycles. The monoisotopic (exact) mass is 207 g/mol. The fraction of sp³-hybridized carbons (Fsp3) is 0.769. The van der Waals surface area contributed by atoms with Gasteiger partial charge in [-0.15, -0.1) is 0 Å². The van der Waals surface area contributed by atoms with E-state index in [1.54, 1.807) is 0 Å². The minimum Gasteiger partial charge on any atom is -0.342 e. The molecule has 0 heterocycles. The zero-order chi connectivity index (χ0) is 11.2. The fourth-order valence-electron chi connectivity index (χ4n) is 2.88. The number of fused-ring (bicyclic) bond motifs is 2. The van der Waals surface area contributed by atoms with Crippen molar-refractivity contribution in [3.63, 3.8) is 0 Å². The molecule has 1 amide bonds. The van der Waals surface area contributed by atoms with E-state index in [1.807, 2.05) is 32.7 Å². The predicted molar refractivity (Wildman–Crippen MR) is 61.4 cm³/mol. The lowest BCUT2D eigenvalue weighted by Crippen LogP contribution is -2.44. The van der Waals surface area contributed by atoms with Crippen LogP contribution in [0.3, 0.4) is 0 Å². The van der Waals surface area contributed by atoms with Crippen LogP contribution in [0.1, 0.15) is 33.6 Å². The molecule has 3 atom stereocenters. The molecule has 3 unspecified atom stereocenters. The summed E-state index contributed by atoms with van der Waals surface area (Å²) in [5.41, 5.74) is -0.250. The van der Waals surface area contributed by atoms with Gasteiger partial charge in [0, 0.05) is 18.5 Å². The van der Waals surface area contributed by atoms with Gasteiger partial charge in [0.2, 0.25) is 5.91 Å². The van der Waals surface area contributed by atoms with E-state index in [-0.39, 0.29) is 11.3 Å². The van der Waals surface area contributed by atoms with Crippen LogP contribution in [-0.4, -0.2) is 23.9 Å². The maximum absolute atomic E-state index is 12.1. The Kier molecular flexibility index (Phi) is 2.40. The van der Waals surface area contributed by atoms with Gasteiger partial charge in [0.15, 0.2) is 0 Å². The second-order valence-electron chi connectivity index (χ2n) is 6.01. The van der Waals surface area contributed by atoms with Crippen molar-refractivity contribution in [3.05, 3.63) is 12.2 Å². The van der Waals surface area contributed by atoms with Crippen LogP contribution in [0.15, 0.2) is 12.2 Å². The van der Waals surface area contributed by atoms with Gasteiger partial charge in [0.1, 0.15) is 0 Å². The summed E-state index contributed by atoms with van der Waals surface area (Å²) in [6, 6.07) is 0.451. The molecule has 0 aromatic heterocycles. The van der Waals surface area contributed by atoms with Gasteiger partial charge in [0.25, 0.3) is 0 Å². The minimum atomic E-state index is -0.250. The number of hydrogen-bond donors (Lipinski definition) is 0. The molecule has 2 rings (SSSR count). The highest BCUT2D eigenvalue weighted by molar-refractivity contribution is 5.81. The maximum atomic E-state index is 12.1. The topological polar surface area (TPSA) is 20.3 Å². The zero-order valence-corrected chi connectivity index (χ0v) is 10.2. The Morgan fingerprint density at radius 1 is 1.27 bits per heavy atom. The van der Waals surface area contributed by atoms with Gasteiger partial charge in [-0.25, -0.2) is 0 Å². The van der Waals surface area contributed by atoms with Crippen molar-refractivity contribution in [2.75, 3.05) is 7.05 Å². The Morgan fingerprint density at radius 3 is 2.33 bits per heavy atom. The van der Waals surface area contributed by atoms with Gasteiger partial charge in [0.05, 0.1) is 0 Å². The highest BCUT2D eigenvalue weighted by atomic mass is 16.2. The largest absolute Gasteiger partial charge is 0.342 e. The molecular formula is C13H21NO. The third-order valence-corrected chi connectivity index (χ3v) is 3.70. The van der Waals surface area contributed by atoms with Gasteiger partial charge in [-0.1, -0.05) is 32.9 Å². The molecule has 1 fully saturated rings. The lowest BCUT2D eigenvalue weighted by atomic mass is 9.92. The van der Waals surface area contributed by atoms with Crippen LogP contribution in [-0.2, 0) is 4.79 Å². The average Bonchev–Trinajstić information content (AvgIpc) is 2.74. The fourth-order valence-corrected chi connectivity index (χ4v) is 2.88. The quantitative estimate of drug-likeness (QED) is 0.605. The van der Waals surface area contributed by atoms with E-state index in [9.17, 15) is 4.79 Å². The number of amides is 1. The first-order valence-corrected chi connectivity index (χ1v) is 5.85. The summed E-state index contributed by atoms with van der Waals surface area (Å²) in [6.45, 7) is 5.98. The summed E-state index contributed by atoms with van der Waals surface area (Å²) in [7, 11) is 1.97. The summed E-state index contributed by atoms with van der Waals surface area (Å²) in [4.78, 5) is 14.1. The van der Waals surface area contributed by atoms with Crippen LogP contribution in [0, 0.1) is 17.3 Å². The number of carbonyl (C=O) groups excluding carboxylic acids is 1. The third kappa shape index (κ3) is 1.82. The van der Waals surface area contributed by atoms with Crippen LogP contribution >= 0.6 is 0 Å². The van der Waals surface area contributed by atoms with E-state index < -0.39 is 0 Å². The molecule has 84 valence electrons. The molecule has 1 saturated carbocycles. The normalized spacial score (nSPS) is 33.5. The molecule has 2 aliphatic carbocycles. The van der Waals surface area contributed by atoms with Crippen LogP contribution in [0.2, 0.25) is 0 Å². The van der Waals surface area contributed by atoms with E-state index >= 15 is 0 Å². The second-order valence-corrected chi connectivity index (χ2v) is 6.01. The number of rotatable bonds is 1. The van der Waals surface area contributed by atoms with Gasteiger partial charge in [-0.2, -0.15) is 0 Å². The number of allylic oxidation sites excluding steroid dienone is 1. The predicted octanol–water partition coefficient (Wildman–Crippen LogP) is 2.46. The summed E-state index contributed by atoms with van der Waals surface area (Å²) < 4.78 is 0. The first-order chi connectivity index (χ1) is 6.89. The number of hydrogen-bond acceptors (Lipinski definition) is 1. The van der Waals surface area contributed by atoms with Crippen molar-refractivity contribution in [3.8, 4) is 0 Å². The van der Waals surface area contributed by atoms with Crippen LogP contribution < -0.4 is 0 Å². The Bertz CT molecular complexity index is 300. The van der Waals surface area contributed by atoms with Crippen molar-refractivity contribution >= 4 is 5.91 Å². The van der Waals surface area contributed by atoms with Crippen LogP contribution in [0.4, 0.5) is 0 Å². The van der Waals surface area contributed by atoms with E-state index in [4.69, 9.17) is 0 Å². The lowest BCUT2D eigenvalue weighted by molar-refractivity contribution is -0.140. The summed E-state index contributed by atoms with van der Waals surface area (Å²) in [5, 5.41) is 0. The molecule has 15 heavy (non-hydrogen) atoms. The summed E-state index contributed by atoms with van der Waals surface area (Å²) >= 11 is 0. The molecule has 0 aliphatic heterocycles. The minimum absolute atomic E-state index is 0.250. The van der Waals surface area contributed by atoms with Crippen molar-refractivity contribution in [1.82, 2.24) is 4.90 Å². The summed E-state index contributed by atoms with van der Waals surface area (Å²) in [5.74, 6) is 1.62. The maximum Gasteiger partial charge on any atom is 0.227 e. The van der Waals surface area contributed by atoms with Gasteiger partial charge >= 0.3 is 0 Å². The molecule has 0 N–H and O–H groups in total. The first-order valence-electron chi connectivity index (χ1n) is 5.85. The molecule has 0 saturated heterocycles. The molecule has 2 nitrogen and oxygen atoms in total.